The molecule has 1 aromatic carbocycles. The van der Waals surface area contributed by atoms with Crippen LogP contribution in [0.1, 0.15) is 13.3 Å². The van der Waals surface area contributed by atoms with Crippen molar-refractivity contribution in [3.8, 4) is 0 Å². The highest BCUT2D eigenvalue weighted by molar-refractivity contribution is 9.10. The molecule has 0 bridgehead atoms. The number of anilines is 1. The van der Waals surface area contributed by atoms with E-state index in [-0.39, 0.29) is 24.4 Å². The van der Waals surface area contributed by atoms with Crippen LogP contribution < -0.4 is 5.32 Å². The molecule has 0 radical (unpaired) electrons. The fourth-order valence-electron chi connectivity index (χ4n) is 2.48. The number of rotatable bonds is 4. The number of carbonyl (C=O) groups excluding carboxylic acids is 1. The van der Waals surface area contributed by atoms with Gasteiger partial charge in [0.05, 0.1) is 12.5 Å². The summed E-state index contributed by atoms with van der Waals surface area (Å²) in [6, 6.07) is 7.23. The summed E-state index contributed by atoms with van der Waals surface area (Å²) in [5.41, 5.74) is 0.736. The quantitative estimate of drug-likeness (QED) is 0.881. The number of hydrogen-bond acceptors (Lipinski definition) is 3. The van der Waals surface area contributed by atoms with Crippen molar-refractivity contribution in [3.05, 3.63) is 28.7 Å². The van der Waals surface area contributed by atoms with E-state index in [9.17, 15) is 9.59 Å². The number of nitrogens with one attached hydrogen (secondary N) is 1. The van der Waals surface area contributed by atoms with Crippen LogP contribution in [0.3, 0.4) is 0 Å². The Morgan fingerprint density at radius 1 is 1.40 bits per heavy atom. The number of carboxylic acid groups (broad SMARTS) is 1. The normalized spacial score (nSPS) is 22.7. The average Bonchev–Trinajstić information content (AvgIpc) is 2.74. The second-order valence-electron chi connectivity index (χ2n) is 5.00. The van der Waals surface area contributed by atoms with E-state index >= 15 is 0 Å². The Bertz CT molecular complexity index is 504. The topological polar surface area (TPSA) is 69.6 Å². The van der Waals surface area contributed by atoms with Crippen LogP contribution in [-0.2, 0) is 9.59 Å². The largest absolute Gasteiger partial charge is 0.481 e. The summed E-state index contributed by atoms with van der Waals surface area (Å²) in [6.07, 6.45) is 0.599. The summed E-state index contributed by atoms with van der Waals surface area (Å²) in [5, 5.41) is 11.9. The Labute approximate surface area is 126 Å². The molecule has 1 heterocycles. The number of benzene rings is 1. The van der Waals surface area contributed by atoms with Gasteiger partial charge in [0, 0.05) is 16.2 Å². The van der Waals surface area contributed by atoms with E-state index in [0.717, 1.165) is 10.2 Å². The summed E-state index contributed by atoms with van der Waals surface area (Å²) in [4.78, 5) is 24.9. The van der Waals surface area contributed by atoms with Crippen molar-refractivity contribution in [2.45, 2.75) is 19.4 Å². The van der Waals surface area contributed by atoms with Gasteiger partial charge in [-0.25, -0.2) is 0 Å². The first-order chi connectivity index (χ1) is 9.47. The van der Waals surface area contributed by atoms with Gasteiger partial charge in [-0.2, -0.15) is 0 Å². The van der Waals surface area contributed by atoms with Crippen molar-refractivity contribution < 1.29 is 14.7 Å². The molecule has 5 nitrogen and oxygen atoms in total. The van der Waals surface area contributed by atoms with Gasteiger partial charge in [0.15, 0.2) is 0 Å². The molecule has 1 aliphatic rings. The number of amides is 1. The summed E-state index contributed by atoms with van der Waals surface area (Å²) in [7, 11) is 0. The third kappa shape index (κ3) is 3.58. The van der Waals surface area contributed by atoms with E-state index in [2.05, 4.69) is 21.2 Å². The van der Waals surface area contributed by atoms with Gasteiger partial charge in [-0.15, -0.1) is 0 Å². The van der Waals surface area contributed by atoms with E-state index in [1.54, 1.807) is 0 Å². The zero-order valence-corrected chi connectivity index (χ0v) is 12.8. The molecule has 1 amide bonds. The third-order valence-corrected chi connectivity index (χ3v) is 4.21. The van der Waals surface area contributed by atoms with E-state index in [4.69, 9.17) is 5.11 Å². The molecule has 0 aromatic heterocycles. The Morgan fingerprint density at radius 2 is 2.05 bits per heavy atom. The molecule has 20 heavy (non-hydrogen) atoms. The van der Waals surface area contributed by atoms with Crippen LogP contribution in [0, 0.1) is 5.92 Å². The summed E-state index contributed by atoms with van der Waals surface area (Å²) >= 11 is 3.33. The predicted molar refractivity (Wildman–Crippen MR) is 79.5 cm³/mol. The van der Waals surface area contributed by atoms with E-state index in [1.807, 2.05) is 36.1 Å². The molecule has 0 spiro atoms. The standard InChI is InChI=1S/C14H17BrN2O3/c1-9-12(14(19)20)6-7-17(9)8-13(18)16-11-4-2-10(15)3-5-11/h2-5,9,12H,6-8H2,1H3,(H,16,18)(H,19,20). The van der Waals surface area contributed by atoms with Gasteiger partial charge in [0.2, 0.25) is 5.91 Å². The molecule has 2 N–H and O–H groups in total. The highest BCUT2D eigenvalue weighted by atomic mass is 79.9. The first-order valence-electron chi connectivity index (χ1n) is 6.49. The molecule has 2 atom stereocenters. The van der Waals surface area contributed by atoms with E-state index in [0.29, 0.717) is 13.0 Å². The Balaban J connectivity index is 1.89. The molecule has 0 saturated carbocycles. The first kappa shape index (κ1) is 15.0. The third-order valence-electron chi connectivity index (χ3n) is 3.68. The second kappa shape index (κ2) is 6.37. The molecular formula is C14H17BrN2O3. The smallest absolute Gasteiger partial charge is 0.308 e. The minimum absolute atomic E-state index is 0.108. The lowest BCUT2D eigenvalue weighted by molar-refractivity contribution is -0.142. The van der Waals surface area contributed by atoms with Crippen LogP contribution in [0.5, 0.6) is 0 Å². The minimum Gasteiger partial charge on any atom is -0.481 e. The highest BCUT2D eigenvalue weighted by Crippen LogP contribution is 2.24. The lowest BCUT2D eigenvalue weighted by Crippen LogP contribution is -2.38. The lowest BCUT2D eigenvalue weighted by atomic mass is 10.0. The number of halogens is 1. The van der Waals surface area contributed by atoms with Crippen molar-refractivity contribution in [2.24, 2.45) is 5.92 Å². The first-order valence-corrected chi connectivity index (χ1v) is 7.29. The summed E-state index contributed by atoms with van der Waals surface area (Å²) in [5.74, 6) is -1.28. The van der Waals surface area contributed by atoms with E-state index < -0.39 is 5.97 Å². The molecule has 1 fully saturated rings. The molecule has 1 aliphatic heterocycles. The van der Waals surface area contributed by atoms with Gasteiger partial charge < -0.3 is 10.4 Å². The molecule has 1 saturated heterocycles. The number of carbonyl (C=O) groups is 2. The molecule has 0 aliphatic carbocycles. The maximum absolute atomic E-state index is 12.0. The summed E-state index contributed by atoms with van der Waals surface area (Å²) < 4.78 is 0.952. The molecule has 108 valence electrons. The summed E-state index contributed by atoms with van der Waals surface area (Å²) in [6.45, 7) is 2.73. The van der Waals surface area contributed by atoms with Crippen LogP contribution in [0.4, 0.5) is 5.69 Å². The number of aliphatic carboxylic acids is 1. The maximum Gasteiger partial charge on any atom is 0.308 e. The number of likely N-dealkylation sites (tertiary alicyclic amines) is 1. The maximum atomic E-state index is 12.0. The van der Waals surface area contributed by atoms with Crippen molar-refractivity contribution in [1.29, 1.82) is 0 Å². The SMILES string of the molecule is CC1C(C(=O)O)CCN1CC(=O)Nc1ccc(Br)cc1. The van der Waals surface area contributed by atoms with Crippen LogP contribution in [0.15, 0.2) is 28.7 Å². The van der Waals surface area contributed by atoms with Crippen molar-refractivity contribution in [3.63, 3.8) is 0 Å². The fraction of sp³-hybridized carbons (Fsp3) is 0.429. The van der Waals surface area contributed by atoms with Gasteiger partial charge in [0.1, 0.15) is 0 Å². The Kier molecular flexibility index (Phi) is 4.77. The molecular weight excluding hydrogens is 324 g/mol. The average molecular weight is 341 g/mol. The molecule has 1 aromatic rings. The second-order valence-corrected chi connectivity index (χ2v) is 5.92. The molecule has 2 rings (SSSR count). The number of nitrogens with zero attached hydrogens (tertiary/aromatic N) is 1. The van der Waals surface area contributed by atoms with Gasteiger partial charge in [-0.3, -0.25) is 14.5 Å². The van der Waals surface area contributed by atoms with Crippen LogP contribution >= 0.6 is 15.9 Å². The predicted octanol–water partition coefficient (Wildman–Crippen LogP) is 2.18. The zero-order valence-electron chi connectivity index (χ0n) is 11.2. The number of hydrogen-bond donors (Lipinski definition) is 2. The molecule has 2 unspecified atom stereocenters. The minimum atomic E-state index is -0.784. The highest BCUT2D eigenvalue weighted by Gasteiger charge is 2.36. The Morgan fingerprint density at radius 3 is 2.60 bits per heavy atom. The monoisotopic (exact) mass is 340 g/mol. The van der Waals surface area contributed by atoms with E-state index in [1.165, 1.54) is 0 Å². The van der Waals surface area contributed by atoms with Crippen molar-refractivity contribution in [1.82, 2.24) is 4.90 Å². The lowest BCUT2D eigenvalue weighted by Gasteiger charge is -2.22. The fourth-order valence-corrected chi connectivity index (χ4v) is 2.74. The van der Waals surface area contributed by atoms with Crippen molar-refractivity contribution >= 4 is 33.5 Å². The van der Waals surface area contributed by atoms with Crippen LogP contribution in [0.2, 0.25) is 0 Å². The van der Waals surface area contributed by atoms with Crippen LogP contribution in [-0.4, -0.2) is 41.0 Å². The van der Waals surface area contributed by atoms with Gasteiger partial charge in [-0.05, 0) is 44.2 Å². The van der Waals surface area contributed by atoms with Gasteiger partial charge >= 0.3 is 5.97 Å². The van der Waals surface area contributed by atoms with Gasteiger partial charge in [0.25, 0.3) is 0 Å². The van der Waals surface area contributed by atoms with Crippen molar-refractivity contribution in [2.75, 3.05) is 18.4 Å². The van der Waals surface area contributed by atoms with Gasteiger partial charge in [-0.1, -0.05) is 15.9 Å². The number of carboxylic acids is 1. The zero-order chi connectivity index (χ0) is 14.7. The Hall–Kier alpha value is -1.40. The van der Waals surface area contributed by atoms with Crippen LogP contribution in [0.25, 0.3) is 0 Å². The molecule has 6 heteroatoms.